The number of rotatable bonds is 8. The number of benzene rings is 1. The number of hydrogen-bond acceptors (Lipinski definition) is 8. The first-order valence-corrected chi connectivity index (χ1v) is 10.3. The summed E-state index contributed by atoms with van der Waals surface area (Å²) in [6.07, 6.45) is 3.92. The lowest BCUT2D eigenvalue weighted by Crippen LogP contribution is -2.18. The molecule has 28 heavy (non-hydrogen) atoms. The van der Waals surface area contributed by atoms with Crippen LogP contribution in [0.3, 0.4) is 0 Å². The van der Waals surface area contributed by atoms with Crippen molar-refractivity contribution in [2.45, 2.75) is 34.7 Å². The molecule has 0 spiro atoms. The van der Waals surface area contributed by atoms with Crippen LogP contribution in [0.5, 0.6) is 0 Å². The van der Waals surface area contributed by atoms with Gasteiger partial charge in [0.2, 0.25) is 0 Å². The van der Waals surface area contributed by atoms with Gasteiger partial charge in [-0.1, -0.05) is 30.4 Å². The van der Waals surface area contributed by atoms with Crippen molar-refractivity contribution in [1.82, 2.24) is 24.7 Å². The van der Waals surface area contributed by atoms with E-state index in [1.807, 2.05) is 11.5 Å². The highest BCUT2D eigenvalue weighted by atomic mass is 32.2. The Morgan fingerprint density at radius 2 is 1.93 bits per heavy atom. The number of aromatic nitrogens is 5. The summed E-state index contributed by atoms with van der Waals surface area (Å²) in [5, 5.41) is 9.27. The Kier molecular flexibility index (Phi) is 6.99. The summed E-state index contributed by atoms with van der Waals surface area (Å²) in [5.41, 5.74) is 0.707. The van der Waals surface area contributed by atoms with E-state index >= 15 is 0 Å². The third-order valence-corrected chi connectivity index (χ3v) is 5.90. The van der Waals surface area contributed by atoms with Gasteiger partial charge < -0.3 is 4.74 Å². The number of esters is 1. The van der Waals surface area contributed by atoms with Gasteiger partial charge in [0.25, 0.3) is 0 Å². The second kappa shape index (κ2) is 9.65. The summed E-state index contributed by atoms with van der Waals surface area (Å²) in [5.74, 6) is 0.450. The molecule has 0 fully saturated rings. The predicted molar refractivity (Wildman–Crippen MR) is 105 cm³/mol. The third-order valence-electron chi connectivity index (χ3n) is 3.74. The first-order chi connectivity index (χ1) is 13.6. The smallest absolute Gasteiger partial charge is 0.319 e. The zero-order chi connectivity index (χ0) is 19.9. The molecule has 0 saturated carbocycles. The third kappa shape index (κ3) is 4.87. The second-order valence-corrected chi connectivity index (χ2v) is 7.68. The van der Waals surface area contributed by atoms with Crippen LogP contribution < -0.4 is 0 Å². The van der Waals surface area contributed by atoms with Crippen molar-refractivity contribution in [3.05, 3.63) is 54.4 Å². The van der Waals surface area contributed by atoms with E-state index in [4.69, 9.17) is 4.74 Å². The lowest BCUT2D eigenvalue weighted by atomic mass is 10.3. The zero-order valence-corrected chi connectivity index (χ0v) is 16.9. The number of hydrogen-bond donors (Lipinski definition) is 0. The fraction of sp³-hybridized carbons (Fsp3) is 0.278. The standard InChI is InChI=1S/C18H18FN5O2S2/c1-3-14(16(25)26-2)28-18-23-22-15(11-27-17-20-9-4-10-21-17)24(18)13-7-5-12(19)6-8-13/h4-10,14H,3,11H2,1-2H3. The minimum Gasteiger partial charge on any atom is -0.468 e. The minimum absolute atomic E-state index is 0.324. The maximum Gasteiger partial charge on any atom is 0.319 e. The van der Waals surface area contributed by atoms with Gasteiger partial charge in [-0.15, -0.1) is 10.2 Å². The number of ether oxygens (including phenoxy) is 1. The Morgan fingerprint density at radius 1 is 1.21 bits per heavy atom. The van der Waals surface area contributed by atoms with Gasteiger partial charge in [0.1, 0.15) is 16.9 Å². The molecule has 7 nitrogen and oxygen atoms in total. The fourth-order valence-corrected chi connectivity index (χ4v) is 4.10. The van der Waals surface area contributed by atoms with Gasteiger partial charge in [-0.3, -0.25) is 9.36 Å². The number of thioether (sulfide) groups is 2. The molecule has 0 aliphatic rings. The molecule has 2 heterocycles. The number of methoxy groups -OCH3 is 1. The maximum absolute atomic E-state index is 13.4. The summed E-state index contributed by atoms with van der Waals surface area (Å²) in [4.78, 5) is 20.4. The molecule has 0 saturated heterocycles. The predicted octanol–water partition coefficient (Wildman–Crippen LogP) is 3.53. The van der Waals surface area contributed by atoms with Crippen LogP contribution in [-0.4, -0.2) is 43.1 Å². The molecule has 10 heteroatoms. The molecule has 1 unspecified atom stereocenters. The van der Waals surface area contributed by atoms with E-state index < -0.39 is 5.25 Å². The van der Waals surface area contributed by atoms with Gasteiger partial charge in [-0.2, -0.15) is 0 Å². The molecule has 0 aliphatic heterocycles. The van der Waals surface area contributed by atoms with Gasteiger partial charge in [-0.05, 0) is 36.8 Å². The van der Waals surface area contributed by atoms with Crippen LogP contribution in [0.15, 0.2) is 53.0 Å². The van der Waals surface area contributed by atoms with E-state index in [1.54, 1.807) is 30.6 Å². The average molecular weight is 420 g/mol. The van der Waals surface area contributed by atoms with Crippen LogP contribution in [0.4, 0.5) is 4.39 Å². The quantitative estimate of drug-likeness (QED) is 0.312. The molecular weight excluding hydrogens is 401 g/mol. The maximum atomic E-state index is 13.4. The van der Waals surface area contributed by atoms with E-state index in [9.17, 15) is 9.18 Å². The minimum atomic E-state index is -0.411. The van der Waals surface area contributed by atoms with Crippen molar-refractivity contribution in [1.29, 1.82) is 0 Å². The van der Waals surface area contributed by atoms with Gasteiger partial charge in [-0.25, -0.2) is 14.4 Å². The highest BCUT2D eigenvalue weighted by Gasteiger charge is 2.24. The molecule has 0 bridgehead atoms. The second-order valence-electron chi connectivity index (χ2n) is 5.57. The van der Waals surface area contributed by atoms with Gasteiger partial charge in [0, 0.05) is 18.1 Å². The number of carbonyl (C=O) groups excluding carboxylic acids is 1. The van der Waals surface area contributed by atoms with Crippen LogP contribution >= 0.6 is 23.5 Å². The van der Waals surface area contributed by atoms with Gasteiger partial charge in [0.15, 0.2) is 10.3 Å². The zero-order valence-electron chi connectivity index (χ0n) is 15.3. The van der Waals surface area contributed by atoms with Crippen molar-refractivity contribution in [2.24, 2.45) is 0 Å². The lowest BCUT2D eigenvalue weighted by molar-refractivity contribution is -0.140. The molecule has 3 aromatic rings. The average Bonchev–Trinajstić information content (AvgIpc) is 3.13. The normalized spacial score (nSPS) is 12.0. The van der Waals surface area contributed by atoms with Crippen LogP contribution in [0, 0.1) is 5.82 Å². The molecule has 146 valence electrons. The molecule has 0 N–H and O–H groups in total. The summed E-state index contributed by atoms with van der Waals surface area (Å²) >= 11 is 2.68. The molecule has 0 amide bonds. The summed E-state index contributed by atoms with van der Waals surface area (Å²) in [6, 6.07) is 7.79. The van der Waals surface area contributed by atoms with E-state index in [0.717, 1.165) is 0 Å². The topological polar surface area (TPSA) is 82.8 Å². The summed E-state index contributed by atoms with van der Waals surface area (Å²) in [7, 11) is 1.36. The van der Waals surface area contributed by atoms with E-state index in [2.05, 4.69) is 20.2 Å². The first kappa shape index (κ1) is 20.3. The Labute approximate surface area is 170 Å². The Morgan fingerprint density at radius 3 is 2.57 bits per heavy atom. The van der Waals surface area contributed by atoms with Crippen molar-refractivity contribution in [3.8, 4) is 5.69 Å². The molecular formula is C18H18FN5O2S2. The van der Waals surface area contributed by atoms with E-state index in [1.165, 1.54) is 42.8 Å². The monoisotopic (exact) mass is 419 g/mol. The largest absolute Gasteiger partial charge is 0.468 e. The molecule has 1 aromatic carbocycles. The Balaban J connectivity index is 1.92. The number of halogens is 1. The van der Waals surface area contributed by atoms with Crippen LogP contribution in [0.1, 0.15) is 19.2 Å². The van der Waals surface area contributed by atoms with Crippen LogP contribution in [0.2, 0.25) is 0 Å². The number of nitrogens with zero attached hydrogens (tertiary/aromatic N) is 5. The lowest BCUT2D eigenvalue weighted by Gasteiger charge is -2.14. The summed E-state index contributed by atoms with van der Waals surface area (Å²) < 4.78 is 20.1. The van der Waals surface area contributed by atoms with Crippen molar-refractivity contribution < 1.29 is 13.9 Å². The molecule has 3 rings (SSSR count). The highest BCUT2D eigenvalue weighted by Crippen LogP contribution is 2.30. The SMILES string of the molecule is CCC(Sc1nnc(CSc2ncccn2)n1-c1ccc(F)cc1)C(=O)OC. The number of carbonyl (C=O) groups is 1. The van der Waals surface area contributed by atoms with Gasteiger partial charge in [0.05, 0.1) is 12.9 Å². The Hall–Kier alpha value is -2.46. The van der Waals surface area contributed by atoms with Crippen LogP contribution in [-0.2, 0) is 15.3 Å². The molecule has 1 atom stereocenters. The Bertz CT molecular complexity index is 921. The van der Waals surface area contributed by atoms with Crippen molar-refractivity contribution >= 4 is 29.5 Å². The molecule has 2 aromatic heterocycles. The highest BCUT2D eigenvalue weighted by molar-refractivity contribution is 8.00. The van der Waals surface area contributed by atoms with Crippen molar-refractivity contribution in [3.63, 3.8) is 0 Å². The van der Waals surface area contributed by atoms with Crippen molar-refractivity contribution in [2.75, 3.05) is 7.11 Å². The molecule has 0 aliphatic carbocycles. The summed E-state index contributed by atoms with van der Waals surface area (Å²) in [6.45, 7) is 1.90. The van der Waals surface area contributed by atoms with Crippen LogP contribution in [0.25, 0.3) is 5.69 Å². The fourth-order valence-electron chi connectivity index (χ4n) is 2.37. The first-order valence-electron chi connectivity index (χ1n) is 8.47. The molecule has 0 radical (unpaired) electrons. The van der Waals surface area contributed by atoms with Gasteiger partial charge >= 0.3 is 5.97 Å². The van der Waals surface area contributed by atoms with E-state index in [-0.39, 0.29) is 11.8 Å². The van der Waals surface area contributed by atoms with E-state index in [0.29, 0.717) is 34.0 Å².